The van der Waals surface area contributed by atoms with Gasteiger partial charge in [-0.25, -0.2) is 0 Å². The van der Waals surface area contributed by atoms with Crippen LogP contribution in [0.4, 0.5) is 0 Å². The van der Waals surface area contributed by atoms with E-state index < -0.39 is 17.1 Å². The number of aliphatic carboxylic acids is 1. The topological polar surface area (TPSA) is 69.6 Å². The molecule has 0 saturated heterocycles. The van der Waals surface area contributed by atoms with Crippen molar-refractivity contribution in [2.24, 2.45) is 0 Å². The summed E-state index contributed by atoms with van der Waals surface area (Å²) in [6.07, 6.45) is 0.0445. The number of carbonyl (C=O) groups is 1. The van der Waals surface area contributed by atoms with Crippen LogP contribution in [0.5, 0.6) is 0 Å². The van der Waals surface area contributed by atoms with Gasteiger partial charge in [0, 0.05) is 12.1 Å². The molecular weight excluding hydrogens is 242 g/mol. The van der Waals surface area contributed by atoms with Crippen LogP contribution in [-0.2, 0) is 17.8 Å². The lowest BCUT2D eigenvalue weighted by Gasteiger charge is -2.38. The van der Waals surface area contributed by atoms with Gasteiger partial charge in [0.2, 0.25) is 0 Å². The predicted molar refractivity (Wildman–Crippen MR) is 75.0 cm³/mol. The number of benzene rings is 1. The van der Waals surface area contributed by atoms with Crippen molar-refractivity contribution in [2.45, 2.75) is 51.8 Å². The van der Waals surface area contributed by atoms with Gasteiger partial charge in [-0.2, -0.15) is 0 Å². The largest absolute Gasteiger partial charge is 0.481 e. The van der Waals surface area contributed by atoms with Crippen molar-refractivity contribution in [1.82, 2.24) is 5.32 Å². The third-order valence-electron chi connectivity index (χ3n) is 3.64. The molecule has 0 saturated carbocycles. The number of hydrogen-bond acceptors (Lipinski definition) is 3. The normalized spacial score (nSPS) is 12.5. The van der Waals surface area contributed by atoms with Crippen molar-refractivity contribution >= 4 is 5.97 Å². The van der Waals surface area contributed by atoms with Gasteiger partial charge in [-0.3, -0.25) is 4.79 Å². The van der Waals surface area contributed by atoms with Crippen LogP contribution in [0.15, 0.2) is 24.3 Å². The van der Waals surface area contributed by atoms with E-state index >= 15 is 0 Å². The van der Waals surface area contributed by atoms with Crippen molar-refractivity contribution in [1.29, 1.82) is 0 Å². The molecule has 4 nitrogen and oxygen atoms in total. The van der Waals surface area contributed by atoms with E-state index in [4.69, 9.17) is 5.11 Å². The van der Waals surface area contributed by atoms with Crippen LogP contribution in [0, 0.1) is 0 Å². The van der Waals surface area contributed by atoms with Crippen LogP contribution in [0.2, 0.25) is 0 Å². The molecule has 0 atom stereocenters. The Hall–Kier alpha value is -1.39. The average molecular weight is 265 g/mol. The molecule has 0 fully saturated rings. The number of carboxylic acids is 1. The molecular formula is C15H23NO3. The molecule has 0 aliphatic carbocycles. The lowest BCUT2D eigenvalue weighted by atomic mass is 9.86. The van der Waals surface area contributed by atoms with Gasteiger partial charge < -0.3 is 15.5 Å². The maximum absolute atomic E-state index is 10.6. The Balaban J connectivity index is 2.62. The van der Waals surface area contributed by atoms with Gasteiger partial charge >= 0.3 is 5.97 Å². The molecule has 1 aromatic rings. The van der Waals surface area contributed by atoms with E-state index in [-0.39, 0.29) is 6.42 Å². The van der Waals surface area contributed by atoms with Crippen LogP contribution < -0.4 is 5.32 Å². The van der Waals surface area contributed by atoms with Crippen molar-refractivity contribution in [2.75, 3.05) is 0 Å². The zero-order chi connectivity index (χ0) is 14.7. The van der Waals surface area contributed by atoms with Gasteiger partial charge in [0.1, 0.15) is 0 Å². The first kappa shape index (κ1) is 15.7. The summed E-state index contributed by atoms with van der Waals surface area (Å²) in [7, 11) is 0. The van der Waals surface area contributed by atoms with E-state index in [2.05, 4.69) is 5.32 Å². The highest BCUT2D eigenvalue weighted by molar-refractivity contribution is 5.70. The SMILES string of the molecule is CC(C)(O)C(C)(C)NCc1ccc(CC(=O)O)cc1. The second-order valence-corrected chi connectivity index (χ2v) is 5.92. The summed E-state index contributed by atoms with van der Waals surface area (Å²) >= 11 is 0. The highest BCUT2D eigenvalue weighted by Crippen LogP contribution is 2.21. The fourth-order valence-corrected chi connectivity index (χ4v) is 1.49. The molecule has 1 aromatic carbocycles. The Morgan fingerprint density at radius 1 is 1.11 bits per heavy atom. The summed E-state index contributed by atoms with van der Waals surface area (Å²) in [6, 6.07) is 7.46. The zero-order valence-electron chi connectivity index (χ0n) is 12.0. The first-order valence-electron chi connectivity index (χ1n) is 6.39. The van der Waals surface area contributed by atoms with Crippen LogP contribution in [0.25, 0.3) is 0 Å². The monoisotopic (exact) mass is 265 g/mol. The second-order valence-electron chi connectivity index (χ2n) is 5.92. The Morgan fingerprint density at radius 3 is 2.00 bits per heavy atom. The molecule has 0 unspecified atom stereocenters. The second kappa shape index (κ2) is 5.72. The van der Waals surface area contributed by atoms with Crippen LogP contribution in [0.1, 0.15) is 38.8 Å². The smallest absolute Gasteiger partial charge is 0.307 e. The van der Waals surface area contributed by atoms with Crippen LogP contribution >= 0.6 is 0 Å². The van der Waals surface area contributed by atoms with Gasteiger partial charge in [0.05, 0.1) is 12.0 Å². The fraction of sp³-hybridized carbons (Fsp3) is 0.533. The highest BCUT2D eigenvalue weighted by atomic mass is 16.4. The minimum Gasteiger partial charge on any atom is -0.481 e. The van der Waals surface area contributed by atoms with Gasteiger partial charge in [0.25, 0.3) is 0 Å². The molecule has 3 N–H and O–H groups in total. The summed E-state index contributed by atoms with van der Waals surface area (Å²) in [6.45, 7) is 8.08. The molecule has 0 amide bonds. The third kappa shape index (κ3) is 4.65. The Bertz CT molecular complexity index is 430. The molecule has 0 aromatic heterocycles. The van der Waals surface area contributed by atoms with Gasteiger partial charge in [-0.15, -0.1) is 0 Å². The molecule has 0 spiro atoms. The number of nitrogens with one attached hydrogen (secondary N) is 1. The molecule has 0 aliphatic rings. The number of rotatable bonds is 6. The van der Waals surface area contributed by atoms with Crippen molar-refractivity contribution in [3.05, 3.63) is 35.4 Å². The lowest BCUT2D eigenvalue weighted by Crippen LogP contribution is -2.55. The summed E-state index contributed by atoms with van der Waals surface area (Å²) in [5.41, 5.74) is 0.618. The van der Waals surface area contributed by atoms with E-state index in [1.165, 1.54) is 0 Å². The Kier molecular flexibility index (Phi) is 4.71. The zero-order valence-corrected chi connectivity index (χ0v) is 12.0. The maximum Gasteiger partial charge on any atom is 0.307 e. The van der Waals surface area contributed by atoms with Gasteiger partial charge in [0.15, 0.2) is 0 Å². The van der Waals surface area contributed by atoms with E-state index in [1.54, 1.807) is 13.8 Å². The molecule has 0 aliphatic heterocycles. The molecule has 106 valence electrons. The standard InChI is InChI=1S/C15H23NO3/c1-14(2,15(3,4)19)16-10-12-7-5-11(6-8-12)9-13(17)18/h5-8,16,19H,9-10H2,1-4H3,(H,17,18). The van der Waals surface area contributed by atoms with Crippen molar-refractivity contribution in [3.8, 4) is 0 Å². The van der Waals surface area contributed by atoms with E-state index in [0.717, 1.165) is 11.1 Å². The van der Waals surface area contributed by atoms with Gasteiger partial charge in [-0.05, 0) is 38.8 Å². The van der Waals surface area contributed by atoms with E-state index in [1.807, 2.05) is 38.1 Å². The Morgan fingerprint density at radius 2 is 1.58 bits per heavy atom. The number of aliphatic hydroxyl groups is 1. The quantitative estimate of drug-likeness (QED) is 0.735. The van der Waals surface area contributed by atoms with Crippen LogP contribution in [0.3, 0.4) is 0 Å². The predicted octanol–water partition coefficient (Wildman–Crippen LogP) is 1.95. The Labute approximate surface area is 114 Å². The first-order valence-corrected chi connectivity index (χ1v) is 6.39. The van der Waals surface area contributed by atoms with E-state index in [0.29, 0.717) is 6.54 Å². The maximum atomic E-state index is 10.6. The molecule has 4 heteroatoms. The first-order chi connectivity index (χ1) is 8.62. The van der Waals surface area contributed by atoms with Crippen molar-refractivity contribution in [3.63, 3.8) is 0 Å². The molecule has 0 radical (unpaired) electrons. The molecule has 0 bridgehead atoms. The molecule has 0 heterocycles. The number of hydrogen-bond donors (Lipinski definition) is 3. The lowest BCUT2D eigenvalue weighted by molar-refractivity contribution is -0.136. The molecule has 1 rings (SSSR count). The summed E-state index contributed by atoms with van der Waals surface area (Å²) in [4.78, 5) is 10.6. The average Bonchev–Trinajstić information content (AvgIpc) is 2.26. The minimum absolute atomic E-state index is 0.0445. The minimum atomic E-state index is -0.825. The van der Waals surface area contributed by atoms with Crippen LogP contribution in [-0.4, -0.2) is 27.3 Å². The summed E-state index contributed by atoms with van der Waals surface area (Å²) in [5, 5.41) is 22.0. The fourth-order valence-electron chi connectivity index (χ4n) is 1.49. The van der Waals surface area contributed by atoms with Gasteiger partial charge in [-0.1, -0.05) is 24.3 Å². The summed E-state index contributed by atoms with van der Waals surface area (Å²) in [5.74, 6) is -0.825. The number of carboxylic acid groups (broad SMARTS) is 1. The molecule has 19 heavy (non-hydrogen) atoms. The van der Waals surface area contributed by atoms with Crippen molar-refractivity contribution < 1.29 is 15.0 Å². The summed E-state index contributed by atoms with van der Waals surface area (Å²) < 4.78 is 0. The van der Waals surface area contributed by atoms with E-state index in [9.17, 15) is 9.90 Å². The third-order valence-corrected chi connectivity index (χ3v) is 3.64. The highest BCUT2D eigenvalue weighted by Gasteiger charge is 2.34.